The summed E-state index contributed by atoms with van der Waals surface area (Å²) < 4.78 is 3.59. The Morgan fingerprint density at radius 3 is 1.37 bits per heavy atom. The van der Waals surface area contributed by atoms with Crippen LogP contribution in [-0.2, 0) is 22.8 Å². The quantitative estimate of drug-likeness (QED) is 0.0770. The number of terminal acetylenes is 1. The van der Waals surface area contributed by atoms with Crippen LogP contribution < -0.4 is 67.8 Å². The van der Waals surface area contributed by atoms with Gasteiger partial charge in [-0.1, -0.05) is 159 Å². The zero-order chi connectivity index (χ0) is 39.1. The molecular weight excluding hydrogens is 779 g/mol. The molecule has 1 radical (unpaired) electrons. The first kappa shape index (κ1) is 51.8. The largest absolute Gasteiger partial charge is 1.00 e. The number of carbonyl (C=O) groups is 1. The van der Waals surface area contributed by atoms with Crippen LogP contribution in [0.15, 0.2) is 143 Å². The first-order valence-corrected chi connectivity index (χ1v) is 20.9. The maximum absolute atomic E-state index is 13.2. The molecule has 0 N–H and O–H groups in total. The van der Waals surface area contributed by atoms with E-state index >= 15 is 0 Å². The normalized spacial score (nSPS) is 9.70. The van der Waals surface area contributed by atoms with Crippen molar-refractivity contribution in [3.8, 4) is 46.3 Å². The molecule has 2 heterocycles. The van der Waals surface area contributed by atoms with Crippen molar-refractivity contribution in [2.24, 2.45) is 0 Å². The Hall–Kier alpha value is -3.18. The summed E-state index contributed by atoms with van der Waals surface area (Å²) in [5.74, 6) is 5.62. The minimum Gasteiger partial charge on any atom is -0.662 e. The molecule has 0 bridgehead atoms. The first-order chi connectivity index (χ1) is 25.9. The number of hydrogen-bond donors (Lipinski definition) is 0. The number of carbonyl (C=O) groups excluding carboxylic acids is 1. The molecule has 0 aliphatic rings. The molecule has 0 atom stereocenters. The fraction of sp³-hybridized carbons (Fsp3) is 0.170. The second kappa shape index (κ2) is 26.0. The average molecular weight is 826 g/mol. The Bertz CT molecular complexity index is 2390. The monoisotopic (exact) mass is 825 g/mol. The second-order valence-electron chi connectivity index (χ2n) is 13.6. The van der Waals surface area contributed by atoms with E-state index in [2.05, 4.69) is 73.1 Å². The van der Waals surface area contributed by atoms with Gasteiger partial charge >= 0.3 is 51.4 Å². The first-order valence-electron chi connectivity index (χ1n) is 17.4. The standard InChI is InChI=1S/C24H25NOSi.C21H17NO.CH2O3.CH4.2K/c1-19-10-12-20(13-11-19)18-25-23(21-8-6-5-7-9-21)15-14-22(24(25)26)16-17-27(2,3)4;1-3-18-13-14-20(19-7-5-4-6-8-19)22(21(18)23)15-17-11-9-16(2)10-12-17;2-1-4-3;;;/h5-15H,18H2,1-4H3;1,4-14H,15H2,2H3;1,3H;1H4;;/q;;;;;+1/p-1. The number of benzene rings is 4. The summed E-state index contributed by atoms with van der Waals surface area (Å²) in [7, 11) is -1.55. The maximum atomic E-state index is 13.2. The number of hydrogen-bond acceptors (Lipinski definition) is 5. The molecule has 0 spiro atoms. The second-order valence-corrected chi connectivity index (χ2v) is 18.3. The Balaban J connectivity index is 0.000000501. The predicted octanol–water partition coefficient (Wildman–Crippen LogP) is 4.65. The molecule has 7 nitrogen and oxygen atoms in total. The van der Waals surface area contributed by atoms with Crippen molar-refractivity contribution < 1.29 is 66.3 Å². The van der Waals surface area contributed by atoms with Crippen molar-refractivity contribution in [2.75, 3.05) is 0 Å². The summed E-state index contributed by atoms with van der Waals surface area (Å²) in [6, 6.07) is 43.9. The number of rotatable bonds is 7. The van der Waals surface area contributed by atoms with E-state index in [4.69, 9.17) is 16.5 Å². The van der Waals surface area contributed by atoms with E-state index in [1.807, 2.05) is 115 Å². The maximum Gasteiger partial charge on any atom is 1.00 e. The van der Waals surface area contributed by atoms with E-state index in [0.29, 0.717) is 24.2 Å². The van der Waals surface area contributed by atoms with E-state index in [1.54, 1.807) is 10.6 Å². The minimum absolute atomic E-state index is 0. The molecule has 0 unspecified atom stereocenters. The Morgan fingerprint density at radius 2 is 1.02 bits per heavy atom. The zero-order valence-corrected chi connectivity index (χ0v) is 40.5. The van der Waals surface area contributed by atoms with E-state index in [1.165, 1.54) is 11.1 Å². The SMILES string of the molecule is C.C#Cc1ccc(-c2ccccc2)n(Cc2ccc(C)cc2)c1=O.Cc1ccc(Cn2c(-c3ccccc3)ccc(C#C[Si](C)(C)C)c2=O)cc1.O=CO[O-].[K+].[K]. The third kappa shape index (κ3) is 16.2. The van der Waals surface area contributed by atoms with Crippen molar-refractivity contribution in [3.63, 3.8) is 0 Å². The molecule has 6 aromatic rings. The van der Waals surface area contributed by atoms with Crippen LogP contribution in [0.3, 0.4) is 0 Å². The molecule has 281 valence electrons. The molecule has 0 aliphatic heterocycles. The van der Waals surface area contributed by atoms with E-state index in [0.717, 1.165) is 33.6 Å². The van der Waals surface area contributed by atoms with Crippen molar-refractivity contribution in [1.29, 1.82) is 0 Å². The molecule has 0 saturated carbocycles. The van der Waals surface area contributed by atoms with Gasteiger partial charge in [0.15, 0.2) is 0 Å². The van der Waals surface area contributed by atoms with Crippen LogP contribution in [0.25, 0.3) is 22.5 Å². The van der Waals surface area contributed by atoms with Crippen molar-refractivity contribution in [2.45, 2.75) is 54.0 Å². The van der Waals surface area contributed by atoms with Gasteiger partial charge in [0.2, 0.25) is 0 Å². The third-order valence-corrected chi connectivity index (χ3v) is 9.05. The Morgan fingerprint density at radius 1 is 0.649 bits per heavy atom. The summed E-state index contributed by atoms with van der Waals surface area (Å²) in [6.07, 6.45) is 5.46. The summed E-state index contributed by atoms with van der Waals surface area (Å²) in [6.45, 7) is 11.5. The number of nitrogens with zero attached hydrogens (tertiary/aromatic N) is 2. The molecular formula is C47H47K2N2O5Si. The predicted molar refractivity (Wildman–Crippen MR) is 231 cm³/mol. The molecule has 2 aromatic heterocycles. The minimum atomic E-state index is -1.55. The average Bonchev–Trinajstić information content (AvgIpc) is 3.18. The molecule has 0 amide bonds. The molecule has 4 aromatic carbocycles. The molecule has 0 saturated heterocycles. The summed E-state index contributed by atoms with van der Waals surface area (Å²) in [4.78, 5) is 37.2. The van der Waals surface area contributed by atoms with Crippen LogP contribution >= 0.6 is 0 Å². The van der Waals surface area contributed by atoms with Gasteiger partial charge in [0.1, 0.15) is 8.07 Å². The Labute approximate surface area is 423 Å². The Kier molecular flexibility index (Phi) is 23.7. The summed E-state index contributed by atoms with van der Waals surface area (Å²) >= 11 is 0. The van der Waals surface area contributed by atoms with Crippen LogP contribution in [-0.4, -0.2) is 75.1 Å². The number of aryl methyl sites for hydroxylation is 2. The summed E-state index contributed by atoms with van der Waals surface area (Å²) in [5, 5.41) is 8.43. The van der Waals surface area contributed by atoms with Gasteiger partial charge < -0.3 is 19.3 Å². The van der Waals surface area contributed by atoms with Gasteiger partial charge in [0, 0.05) is 51.4 Å². The number of aromatic nitrogens is 2. The zero-order valence-electron chi connectivity index (χ0n) is 33.2. The fourth-order valence-electron chi connectivity index (χ4n) is 5.40. The molecule has 0 fully saturated rings. The van der Waals surface area contributed by atoms with Crippen LogP contribution in [0, 0.1) is 37.7 Å². The fourth-order valence-corrected chi connectivity index (χ4v) is 5.91. The van der Waals surface area contributed by atoms with Gasteiger partial charge in [-0.3, -0.25) is 14.4 Å². The smallest absolute Gasteiger partial charge is 0.662 e. The molecule has 6 rings (SSSR count). The molecule has 57 heavy (non-hydrogen) atoms. The molecule has 0 aliphatic carbocycles. The van der Waals surface area contributed by atoms with E-state index in [-0.39, 0.29) is 128 Å². The van der Waals surface area contributed by atoms with Gasteiger partial charge in [-0.25, -0.2) is 0 Å². The van der Waals surface area contributed by atoms with Crippen LogP contribution in [0.2, 0.25) is 19.6 Å². The van der Waals surface area contributed by atoms with E-state index < -0.39 is 8.07 Å². The van der Waals surface area contributed by atoms with Crippen molar-refractivity contribution in [3.05, 3.63) is 188 Å². The third-order valence-electron chi connectivity index (χ3n) is 8.18. The van der Waals surface area contributed by atoms with Gasteiger partial charge in [-0.15, -0.1) is 12.0 Å². The van der Waals surface area contributed by atoms with Gasteiger partial charge in [0.05, 0.1) is 35.6 Å². The van der Waals surface area contributed by atoms with Gasteiger partial charge in [-0.05, 0) is 60.4 Å². The van der Waals surface area contributed by atoms with Crippen molar-refractivity contribution >= 4 is 65.9 Å². The van der Waals surface area contributed by atoms with Crippen LogP contribution in [0.1, 0.15) is 40.8 Å². The molecule has 10 heteroatoms. The van der Waals surface area contributed by atoms with Gasteiger partial charge in [0.25, 0.3) is 17.6 Å². The number of pyridine rings is 2. The topological polar surface area (TPSA) is 93.4 Å². The van der Waals surface area contributed by atoms with Crippen molar-refractivity contribution in [1.82, 2.24) is 9.13 Å². The van der Waals surface area contributed by atoms with E-state index in [9.17, 15) is 9.59 Å². The van der Waals surface area contributed by atoms with Gasteiger partial charge in [-0.2, -0.15) is 0 Å². The van der Waals surface area contributed by atoms with Crippen LogP contribution in [0.4, 0.5) is 0 Å². The summed E-state index contributed by atoms with van der Waals surface area (Å²) in [5.41, 5.74) is 12.5. The van der Waals surface area contributed by atoms with Crippen LogP contribution in [0.5, 0.6) is 0 Å².